The molecule has 0 amide bonds. The average molecular weight is 346 g/mol. The van der Waals surface area contributed by atoms with Gasteiger partial charge in [-0.3, -0.25) is 4.72 Å². The molecule has 6 heteroatoms. The number of thiophene rings is 1. The molecule has 1 heterocycles. The zero-order chi connectivity index (χ0) is 16.4. The predicted octanol–water partition coefficient (Wildman–Crippen LogP) is 3.69. The summed E-state index contributed by atoms with van der Waals surface area (Å²) in [7, 11) is -3.52. The molecular weight excluding hydrogens is 328 g/mol. The number of rotatable bonds is 4. The third-order valence-electron chi connectivity index (χ3n) is 4.07. The maximum Gasteiger partial charge on any atom is 0.237 e. The third kappa shape index (κ3) is 3.57. The largest absolute Gasteiger partial charge is 0.273 e. The van der Waals surface area contributed by atoms with Crippen molar-refractivity contribution in [1.29, 1.82) is 5.26 Å². The van der Waals surface area contributed by atoms with Gasteiger partial charge in [0.25, 0.3) is 0 Å². The first kappa shape index (κ1) is 16.0. The molecule has 1 aromatic heterocycles. The van der Waals surface area contributed by atoms with Gasteiger partial charge in [-0.1, -0.05) is 37.3 Å². The minimum atomic E-state index is -3.52. The number of anilines is 1. The van der Waals surface area contributed by atoms with E-state index in [1.807, 2.05) is 18.2 Å². The zero-order valence-corrected chi connectivity index (χ0v) is 14.5. The fourth-order valence-corrected chi connectivity index (χ4v) is 5.76. The second-order valence-electron chi connectivity index (χ2n) is 6.01. The number of nitrogens with one attached hydrogen (secondary N) is 1. The lowest BCUT2D eigenvalue weighted by atomic mass is 9.89. The third-order valence-corrected chi connectivity index (χ3v) is 6.60. The van der Waals surface area contributed by atoms with Gasteiger partial charge in [0.15, 0.2) is 0 Å². The molecule has 120 valence electrons. The van der Waals surface area contributed by atoms with Gasteiger partial charge < -0.3 is 0 Å². The number of fused-ring (bicyclic) bond motifs is 1. The molecule has 0 saturated carbocycles. The van der Waals surface area contributed by atoms with Gasteiger partial charge in [0, 0.05) is 4.88 Å². The van der Waals surface area contributed by atoms with E-state index >= 15 is 0 Å². The van der Waals surface area contributed by atoms with Crippen LogP contribution in [0.4, 0.5) is 5.00 Å². The van der Waals surface area contributed by atoms with Crippen molar-refractivity contribution in [3.05, 3.63) is 51.9 Å². The summed E-state index contributed by atoms with van der Waals surface area (Å²) in [5.41, 5.74) is 2.27. The molecule has 1 N–H and O–H groups in total. The molecule has 23 heavy (non-hydrogen) atoms. The fourth-order valence-electron chi connectivity index (χ4n) is 2.91. The maximum absolute atomic E-state index is 12.4. The topological polar surface area (TPSA) is 70.0 Å². The molecule has 0 spiro atoms. The Morgan fingerprint density at radius 2 is 2.09 bits per heavy atom. The summed E-state index contributed by atoms with van der Waals surface area (Å²) in [6.07, 6.45) is 2.83. The molecule has 0 saturated heterocycles. The SMILES string of the molecule is CC1CCc2c(sc(NS(=O)(=O)Cc3ccccc3)c2C#N)C1. The summed E-state index contributed by atoms with van der Waals surface area (Å²) in [5.74, 6) is 0.499. The van der Waals surface area contributed by atoms with Crippen LogP contribution in [-0.2, 0) is 28.6 Å². The highest BCUT2D eigenvalue weighted by atomic mass is 32.2. The molecule has 0 radical (unpaired) electrons. The summed E-state index contributed by atoms with van der Waals surface area (Å²) >= 11 is 1.41. The first-order valence-corrected chi connectivity index (χ1v) is 10.0. The monoisotopic (exact) mass is 346 g/mol. The molecule has 0 fully saturated rings. The van der Waals surface area contributed by atoms with Crippen LogP contribution in [0.5, 0.6) is 0 Å². The van der Waals surface area contributed by atoms with Crippen LogP contribution >= 0.6 is 11.3 Å². The predicted molar refractivity (Wildman–Crippen MR) is 92.9 cm³/mol. The van der Waals surface area contributed by atoms with Crippen molar-refractivity contribution in [3.8, 4) is 6.07 Å². The lowest BCUT2D eigenvalue weighted by Crippen LogP contribution is -2.15. The molecule has 1 unspecified atom stereocenters. The standard InChI is InChI=1S/C17H18N2O2S2/c1-12-7-8-14-15(10-18)17(22-16(14)9-12)19-23(20,21)11-13-5-3-2-4-6-13/h2-6,12,19H,7-9,11H2,1H3. The second-order valence-corrected chi connectivity index (χ2v) is 8.84. The normalized spacial score (nSPS) is 17.3. The minimum absolute atomic E-state index is 0.0856. The van der Waals surface area contributed by atoms with Crippen molar-refractivity contribution in [2.45, 2.75) is 31.9 Å². The number of hydrogen-bond acceptors (Lipinski definition) is 4. The Morgan fingerprint density at radius 1 is 1.35 bits per heavy atom. The molecule has 1 atom stereocenters. The fraction of sp³-hybridized carbons (Fsp3) is 0.353. The van der Waals surface area contributed by atoms with Gasteiger partial charge >= 0.3 is 0 Å². The highest BCUT2D eigenvalue weighted by molar-refractivity contribution is 7.92. The quantitative estimate of drug-likeness (QED) is 0.918. The van der Waals surface area contributed by atoms with Crippen molar-refractivity contribution in [1.82, 2.24) is 0 Å². The van der Waals surface area contributed by atoms with Crippen molar-refractivity contribution >= 4 is 26.4 Å². The number of hydrogen-bond donors (Lipinski definition) is 1. The molecule has 2 aromatic rings. The summed E-state index contributed by atoms with van der Waals surface area (Å²) in [6, 6.07) is 11.2. The van der Waals surface area contributed by atoms with Crippen LogP contribution in [0.25, 0.3) is 0 Å². The highest BCUT2D eigenvalue weighted by Gasteiger charge is 2.25. The Bertz CT molecular complexity index is 849. The van der Waals surface area contributed by atoms with E-state index in [4.69, 9.17) is 0 Å². The Morgan fingerprint density at radius 3 is 2.78 bits per heavy atom. The van der Waals surface area contributed by atoms with Crippen molar-refractivity contribution in [2.75, 3.05) is 4.72 Å². The molecule has 1 aromatic carbocycles. The zero-order valence-electron chi connectivity index (χ0n) is 12.9. The van der Waals surface area contributed by atoms with E-state index < -0.39 is 10.0 Å². The van der Waals surface area contributed by atoms with Gasteiger partial charge in [-0.05, 0) is 36.3 Å². The Hall–Kier alpha value is -1.84. The molecule has 1 aliphatic rings. The summed E-state index contributed by atoms with van der Waals surface area (Å²) in [5, 5.41) is 9.91. The number of nitrogens with zero attached hydrogens (tertiary/aromatic N) is 1. The van der Waals surface area contributed by atoms with E-state index in [-0.39, 0.29) is 5.75 Å². The lowest BCUT2D eigenvalue weighted by molar-refractivity contribution is 0.507. The van der Waals surface area contributed by atoms with Crippen LogP contribution in [0, 0.1) is 17.2 Å². The average Bonchev–Trinajstić information content (AvgIpc) is 2.82. The molecule has 3 rings (SSSR count). The van der Waals surface area contributed by atoms with Crippen molar-refractivity contribution in [2.24, 2.45) is 5.92 Å². The van der Waals surface area contributed by atoms with Crippen LogP contribution in [0.2, 0.25) is 0 Å². The molecule has 1 aliphatic carbocycles. The Kier molecular flexibility index (Phi) is 4.42. The number of benzene rings is 1. The Labute approximate surface area is 140 Å². The van der Waals surface area contributed by atoms with Crippen molar-refractivity contribution < 1.29 is 8.42 Å². The minimum Gasteiger partial charge on any atom is -0.273 e. The smallest absolute Gasteiger partial charge is 0.237 e. The maximum atomic E-state index is 12.4. The second kappa shape index (κ2) is 6.34. The number of sulfonamides is 1. The van der Waals surface area contributed by atoms with Gasteiger partial charge in [-0.2, -0.15) is 5.26 Å². The summed E-state index contributed by atoms with van der Waals surface area (Å²) in [6.45, 7) is 2.19. The van der Waals surface area contributed by atoms with E-state index in [0.717, 1.165) is 35.3 Å². The Balaban J connectivity index is 1.87. The number of nitriles is 1. The van der Waals surface area contributed by atoms with Gasteiger partial charge in [0.05, 0.1) is 11.3 Å². The van der Waals surface area contributed by atoms with Gasteiger partial charge in [0.2, 0.25) is 10.0 Å². The van der Waals surface area contributed by atoms with E-state index in [1.54, 1.807) is 12.1 Å². The lowest BCUT2D eigenvalue weighted by Gasteiger charge is -2.17. The molecule has 4 nitrogen and oxygen atoms in total. The van der Waals surface area contributed by atoms with E-state index in [0.29, 0.717) is 16.5 Å². The highest BCUT2D eigenvalue weighted by Crippen LogP contribution is 2.39. The first-order chi connectivity index (χ1) is 11.0. The van der Waals surface area contributed by atoms with E-state index in [9.17, 15) is 13.7 Å². The van der Waals surface area contributed by atoms with Gasteiger partial charge in [0.1, 0.15) is 11.1 Å². The van der Waals surface area contributed by atoms with Crippen LogP contribution in [0.15, 0.2) is 30.3 Å². The molecule has 0 bridgehead atoms. The summed E-state index contributed by atoms with van der Waals surface area (Å²) in [4.78, 5) is 1.15. The van der Waals surface area contributed by atoms with Crippen LogP contribution in [-0.4, -0.2) is 8.42 Å². The van der Waals surface area contributed by atoms with E-state index in [2.05, 4.69) is 17.7 Å². The van der Waals surface area contributed by atoms with Gasteiger partial charge in [-0.25, -0.2) is 8.42 Å². The van der Waals surface area contributed by atoms with Crippen molar-refractivity contribution in [3.63, 3.8) is 0 Å². The van der Waals surface area contributed by atoms with Crippen LogP contribution < -0.4 is 4.72 Å². The molecular formula is C17H18N2O2S2. The van der Waals surface area contributed by atoms with Crippen LogP contribution in [0.1, 0.15) is 34.9 Å². The van der Waals surface area contributed by atoms with Gasteiger partial charge in [-0.15, -0.1) is 11.3 Å². The van der Waals surface area contributed by atoms with E-state index in [1.165, 1.54) is 11.3 Å². The first-order valence-electron chi connectivity index (χ1n) is 7.57. The molecule has 0 aliphatic heterocycles. The summed E-state index contributed by atoms with van der Waals surface area (Å²) < 4.78 is 27.4. The van der Waals surface area contributed by atoms with Crippen LogP contribution in [0.3, 0.4) is 0 Å².